The smallest absolute Gasteiger partial charge is 0.138 e. The molecule has 0 aliphatic rings. The number of nitrogen functional groups attached to an aromatic ring is 1. The van der Waals surface area contributed by atoms with Crippen LogP contribution < -0.4 is 11.1 Å². The van der Waals surface area contributed by atoms with Gasteiger partial charge in [0.15, 0.2) is 0 Å². The third kappa shape index (κ3) is 4.60. The second-order valence-corrected chi connectivity index (χ2v) is 7.02. The highest BCUT2D eigenvalue weighted by molar-refractivity contribution is 7.84. The standard InChI is InChI=1S/C12H22N4OS/c1-8(7-18(5)17)14-10-6-9(13)15-11(16-10)12(2,3)4/h6,8H,7H2,1-5H3,(H3,13,14,15,16). The molecule has 0 bridgehead atoms. The summed E-state index contributed by atoms with van der Waals surface area (Å²) in [6.07, 6.45) is 1.69. The first-order valence-electron chi connectivity index (χ1n) is 5.90. The normalized spacial score (nSPS) is 15.2. The van der Waals surface area contributed by atoms with Crippen LogP contribution in [0.1, 0.15) is 33.5 Å². The second-order valence-electron chi connectivity index (χ2n) is 5.54. The topological polar surface area (TPSA) is 80.9 Å². The number of nitrogens with two attached hydrogens (primary N) is 1. The summed E-state index contributed by atoms with van der Waals surface area (Å²) < 4.78 is 11.2. The van der Waals surface area contributed by atoms with Crippen molar-refractivity contribution in [3.8, 4) is 0 Å². The molecule has 18 heavy (non-hydrogen) atoms. The molecule has 3 N–H and O–H groups in total. The zero-order chi connectivity index (χ0) is 13.9. The van der Waals surface area contributed by atoms with E-state index in [4.69, 9.17) is 5.73 Å². The molecule has 0 spiro atoms. The highest BCUT2D eigenvalue weighted by atomic mass is 32.2. The molecule has 0 saturated heterocycles. The Bertz CT molecular complexity index is 442. The predicted octanol–water partition coefficient (Wildman–Crippen LogP) is 1.54. The third-order valence-electron chi connectivity index (χ3n) is 2.30. The molecule has 5 nitrogen and oxygen atoms in total. The second kappa shape index (κ2) is 5.65. The zero-order valence-corrected chi connectivity index (χ0v) is 12.5. The Labute approximate surface area is 111 Å². The van der Waals surface area contributed by atoms with Gasteiger partial charge in [-0.1, -0.05) is 20.8 Å². The van der Waals surface area contributed by atoms with Crippen molar-refractivity contribution in [1.82, 2.24) is 9.97 Å². The molecule has 1 aromatic heterocycles. The first-order valence-corrected chi connectivity index (χ1v) is 7.63. The molecule has 0 saturated carbocycles. The van der Waals surface area contributed by atoms with E-state index in [2.05, 4.69) is 15.3 Å². The molecule has 0 aliphatic heterocycles. The molecule has 0 radical (unpaired) electrons. The maximum atomic E-state index is 11.2. The maximum Gasteiger partial charge on any atom is 0.138 e. The van der Waals surface area contributed by atoms with Crippen LogP contribution in [0.2, 0.25) is 0 Å². The van der Waals surface area contributed by atoms with Crippen LogP contribution in [0, 0.1) is 0 Å². The van der Waals surface area contributed by atoms with Crippen LogP contribution in [0.4, 0.5) is 11.6 Å². The Morgan fingerprint density at radius 3 is 2.56 bits per heavy atom. The van der Waals surface area contributed by atoms with Gasteiger partial charge < -0.3 is 11.1 Å². The summed E-state index contributed by atoms with van der Waals surface area (Å²) in [4.78, 5) is 8.69. The Morgan fingerprint density at radius 1 is 1.44 bits per heavy atom. The predicted molar refractivity (Wildman–Crippen MR) is 77.2 cm³/mol. The number of nitrogens with one attached hydrogen (secondary N) is 1. The highest BCUT2D eigenvalue weighted by Crippen LogP contribution is 2.21. The summed E-state index contributed by atoms with van der Waals surface area (Å²) in [6, 6.07) is 1.78. The molecule has 102 valence electrons. The Morgan fingerprint density at radius 2 is 2.06 bits per heavy atom. The van der Waals surface area contributed by atoms with Gasteiger partial charge in [0.1, 0.15) is 17.5 Å². The fraction of sp³-hybridized carbons (Fsp3) is 0.667. The summed E-state index contributed by atoms with van der Waals surface area (Å²) >= 11 is 0. The molecule has 1 heterocycles. The monoisotopic (exact) mass is 270 g/mol. The van der Waals surface area contributed by atoms with Gasteiger partial charge >= 0.3 is 0 Å². The zero-order valence-electron chi connectivity index (χ0n) is 11.7. The van der Waals surface area contributed by atoms with Crippen LogP contribution in [-0.2, 0) is 16.2 Å². The van der Waals surface area contributed by atoms with E-state index in [1.54, 1.807) is 12.3 Å². The van der Waals surface area contributed by atoms with Gasteiger partial charge in [0.25, 0.3) is 0 Å². The van der Waals surface area contributed by atoms with Crippen LogP contribution in [-0.4, -0.2) is 32.2 Å². The maximum absolute atomic E-state index is 11.2. The van der Waals surface area contributed by atoms with Gasteiger partial charge in [-0.15, -0.1) is 0 Å². The van der Waals surface area contributed by atoms with Crippen LogP contribution in [0.25, 0.3) is 0 Å². The molecule has 1 rings (SSSR count). The minimum atomic E-state index is -0.834. The van der Waals surface area contributed by atoms with E-state index >= 15 is 0 Å². The summed E-state index contributed by atoms with van der Waals surface area (Å²) in [5.41, 5.74) is 5.63. The molecule has 0 amide bonds. The Kier molecular flexibility index (Phi) is 4.67. The minimum absolute atomic E-state index is 0.0814. The number of aromatic nitrogens is 2. The van der Waals surface area contributed by atoms with Crippen LogP contribution in [0.15, 0.2) is 6.07 Å². The van der Waals surface area contributed by atoms with Crippen molar-refractivity contribution in [1.29, 1.82) is 0 Å². The van der Waals surface area contributed by atoms with E-state index in [0.29, 0.717) is 23.2 Å². The third-order valence-corrected chi connectivity index (χ3v) is 3.27. The lowest BCUT2D eigenvalue weighted by Crippen LogP contribution is -2.24. The quantitative estimate of drug-likeness (QED) is 0.867. The van der Waals surface area contributed by atoms with E-state index in [0.717, 1.165) is 0 Å². The number of rotatable bonds is 4. The summed E-state index contributed by atoms with van der Waals surface area (Å²) in [5.74, 6) is 2.41. The summed E-state index contributed by atoms with van der Waals surface area (Å²) in [5, 5.41) is 3.20. The number of hydrogen-bond acceptors (Lipinski definition) is 5. The van der Waals surface area contributed by atoms with E-state index in [1.165, 1.54) is 0 Å². The fourth-order valence-corrected chi connectivity index (χ4v) is 2.31. The van der Waals surface area contributed by atoms with Crippen molar-refractivity contribution < 1.29 is 4.21 Å². The largest absolute Gasteiger partial charge is 0.384 e. The molecule has 0 aromatic carbocycles. The van der Waals surface area contributed by atoms with Crippen molar-refractivity contribution in [2.75, 3.05) is 23.1 Å². The van der Waals surface area contributed by atoms with E-state index < -0.39 is 10.8 Å². The summed E-state index contributed by atoms with van der Waals surface area (Å²) in [6.45, 7) is 8.08. The summed E-state index contributed by atoms with van der Waals surface area (Å²) in [7, 11) is -0.834. The van der Waals surface area contributed by atoms with Crippen molar-refractivity contribution in [3.05, 3.63) is 11.9 Å². The average Bonchev–Trinajstić information content (AvgIpc) is 2.13. The average molecular weight is 270 g/mol. The molecule has 6 heteroatoms. The fourth-order valence-electron chi connectivity index (χ4n) is 1.52. The van der Waals surface area contributed by atoms with E-state index in [-0.39, 0.29) is 11.5 Å². The highest BCUT2D eigenvalue weighted by Gasteiger charge is 2.19. The first-order chi connectivity index (χ1) is 8.18. The molecule has 2 unspecified atom stereocenters. The molecular formula is C12H22N4OS. The lowest BCUT2D eigenvalue weighted by atomic mass is 9.96. The van der Waals surface area contributed by atoms with Gasteiger partial charge in [-0.2, -0.15) is 0 Å². The number of anilines is 2. The molecule has 1 aromatic rings. The van der Waals surface area contributed by atoms with Crippen LogP contribution in [0.5, 0.6) is 0 Å². The molecule has 0 aliphatic carbocycles. The van der Waals surface area contributed by atoms with Gasteiger partial charge in [-0.3, -0.25) is 4.21 Å². The SMILES string of the molecule is CC(CS(C)=O)Nc1cc(N)nc(C(C)(C)C)n1. The van der Waals surface area contributed by atoms with Gasteiger partial charge in [0, 0.05) is 40.3 Å². The van der Waals surface area contributed by atoms with Gasteiger partial charge in [-0.25, -0.2) is 9.97 Å². The van der Waals surface area contributed by atoms with Crippen LogP contribution >= 0.6 is 0 Å². The Balaban J connectivity index is 2.90. The molecule has 2 atom stereocenters. The van der Waals surface area contributed by atoms with Crippen molar-refractivity contribution in [2.24, 2.45) is 0 Å². The van der Waals surface area contributed by atoms with E-state index in [9.17, 15) is 4.21 Å². The van der Waals surface area contributed by atoms with Gasteiger partial charge in [0.2, 0.25) is 0 Å². The van der Waals surface area contributed by atoms with Gasteiger partial charge in [0.05, 0.1) is 0 Å². The lowest BCUT2D eigenvalue weighted by Gasteiger charge is -2.19. The van der Waals surface area contributed by atoms with Crippen LogP contribution in [0.3, 0.4) is 0 Å². The first kappa shape index (κ1) is 14.9. The molecular weight excluding hydrogens is 248 g/mol. The minimum Gasteiger partial charge on any atom is -0.384 e. The number of hydrogen-bond donors (Lipinski definition) is 2. The van der Waals surface area contributed by atoms with Gasteiger partial charge in [-0.05, 0) is 6.92 Å². The lowest BCUT2D eigenvalue weighted by molar-refractivity contribution is 0.546. The van der Waals surface area contributed by atoms with Crippen molar-refractivity contribution in [2.45, 2.75) is 39.2 Å². The van der Waals surface area contributed by atoms with Crippen molar-refractivity contribution in [3.63, 3.8) is 0 Å². The van der Waals surface area contributed by atoms with Crippen molar-refractivity contribution >= 4 is 22.4 Å². The Hall–Kier alpha value is -1.17. The number of nitrogens with zero attached hydrogens (tertiary/aromatic N) is 2. The van der Waals surface area contributed by atoms with E-state index in [1.807, 2.05) is 27.7 Å². The molecule has 0 fully saturated rings.